The van der Waals surface area contributed by atoms with E-state index in [9.17, 15) is 4.79 Å². The normalized spacial score (nSPS) is 10.7. The van der Waals surface area contributed by atoms with Crippen molar-refractivity contribution in [3.8, 4) is 0 Å². The van der Waals surface area contributed by atoms with Crippen molar-refractivity contribution < 1.29 is 4.79 Å². The summed E-state index contributed by atoms with van der Waals surface area (Å²) in [5, 5.41) is 4.20. The molecule has 0 bridgehead atoms. The number of hydrogen-bond acceptors (Lipinski definition) is 2. The molecule has 2 aromatic carbocycles. The van der Waals surface area contributed by atoms with E-state index in [1.165, 1.54) is 26.1 Å². The van der Waals surface area contributed by atoms with E-state index >= 15 is 0 Å². The quantitative estimate of drug-likeness (QED) is 0.688. The molecule has 1 amide bonds. The molecule has 1 aromatic heterocycles. The SMILES string of the molecule is C=Cc1ccc2sc(Cc3ccccc3)c(CCNC(C)=O)c2c1. The van der Waals surface area contributed by atoms with Crippen molar-refractivity contribution in [2.75, 3.05) is 6.54 Å². The van der Waals surface area contributed by atoms with Gasteiger partial charge in [-0.3, -0.25) is 4.79 Å². The molecule has 0 saturated heterocycles. The van der Waals surface area contributed by atoms with Gasteiger partial charge in [0.1, 0.15) is 0 Å². The Morgan fingerprint density at radius 2 is 2.00 bits per heavy atom. The summed E-state index contributed by atoms with van der Waals surface area (Å²) in [5.74, 6) is 0.0194. The Labute approximate surface area is 146 Å². The summed E-state index contributed by atoms with van der Waals surface area (Å²) in [7, 11) is 0. The fourth-order valence-electron chi connectivity index (χ4n) is 2.91. The molecule has 0 fully saturated rings. The smallest absolute Gasteiger partial charge is 0.216 e. The minimum Gasteiger partial charge on any atom is -0.356 e. The average Bonchev–Trinajstić information content (AvgIpc) is 2.92. The van der Waals surface area contributed by atoms with Crippen LogP contribution in [0.1, 0.15) is 28.5 Å². The molecule has 1 heterocycles. The van der Waals surface area contributed by atoms with Crippen molar-refractivity contribution in [2.45, 2.75) is 19.8 Å². The number of hydrogen-bond donors (Lipinski definition) is 1. The molecule has 122 valence electrons. The molecule has 0 unspecified atom stereocenters. The van der Waals surface area contributed by atoms with Crippen LogP contribution < -0.4 is 5.32 Å². The number of fused-ring (bicyclic) bond motifs is 1. The summed E-state index contributed by atoms with van der Waals surface area (Å²) in [4.78, 5) is 12.6. The summed E-state index contributed by atoms with van der Waals surface area (Å²) >= 11 is 1.85. The van der Waals surface area contributed by atoms with Crippen molar-refractivity contribution in [1.82, 2.24) is 5.32 Å². The molecule has 0 aliphatic heterocycles. The molecule has 3 aromatic rings. The molecule has 0 atom stereocenters. The van der Waals surface area contributed by atoms with Crippen LogP contribution in [-0.4, -0.2) is 12.5 Å². The highest BCUT2D eigenvalue weighted by atomic mass is 32.1. The Morgan fingerprint density at radius 1 is 1.21 bits per heavy atom. The van der Waals surface area contributed by atoms with Gasteiger partial charge in [-0.1, -0.05) is 49.1 Å². The fraction of sp³-hybridized carbons (Fsp3) is 0.190. The maximum Gasteiger partial charge on any atom is 0.216 e. The number of carbonyl (C=O) groups is 1. The second-order valence-electron chi connectivity index (χ2n) is 5.86. The second kappa shape index (κ2) is 7.45. The van der Waals surface area contributed by atoms with Crippen LogP contribution in [0, 0.1) is 0 Å². The number of thiophene rings is 1. The van der Waals surface area contributed by atoms with Crippen LogP contribution in [0.5, 0.6) is 0 Å². The van der Waals surface area contributed by atoms with E-state index in [1.807, 2.05) is 23.5 Å². The van der Waals surface area contributed by atoms with Gasteiger partial charge in [0.15, 0.2) is 0 Å². The zero-order valence-corrected chi connectivity index (χ0v) is 14.7. The number of carbonyl (C=O) groups excluding carboxylic acids is 1. The number of benzene rings is 2. The van der Waals surface area contributed by atoms with Crippen molar-refractivity contribution in [3.63, 3.8) is 0 Å². The Balaban J connectivity index is 1.98. The summed E-state index contributed by atoms with van der Waals surface area (Å²) in [5.41, 5.74) is 3.79. The highest BCUT2D eigenvalue weighted by Gasteiger charge is 2.13. The predicted octanol–water partition coefficient (Wildman–Crippen LogP) is 4.81. The lowest BCUT2D eigenvalue weighted by atomic mass is 10.0. The van der Waals surface area contributed by atoms with Crippen LogP contribution in [0.15, 0.2) is 55.1 Å². The van der Waals surface area contributed by atoms with Crippen molar-refractivity contribution >= 4 is 33.4 Å². The molecule has 2 nitrogen and oxygen atoms in total. The van der Waals surface area contributed by atoms with E-state index in [4.69, 9.17) is 0 Å². The van der Waals surface area contributed by atoms with Gasteiger partial charge in [-0.2, -0.15) is 0 Å². The zero-order valence-electron chi connectivity index (χ0n) is 13.8. The van der Waals surface area contributed by atoms with Gasteiger partial charge in [0, 0.05) is 29.5 Å². The molecule has 3 heteroatoms. The van der Waals surface area contributed by atoms with Crippen LogP contribution >= 0.6 is 11.3 Å². The van der Waals surface area contributed by atoms with E-state index in [1.54, 1.807) is 6.92 Å². The molecule has 0 aliphatic carbocycles. The molecule has 24 heavy (non-hydrogen) atoms. The first kappa shape index (κ1) is 16.5. The highest BCUT2D eigenvalue weighted by Crippen LogP contribution is 2.34. The van der Waals surface area contributed by atoms with Crippen molar-refractivity contribution in [1.29, 1.82) is 0 Å². The Hall–Kier alpha value is -2.39. The molecule has 0 spiro atoms. The average molecular weight is 335 g/mol. The Kier molecular flexibility index (Phi) is 5.11. The first-order valence-electron chi connectivity index (χ1n) is 8.12. The first-order valence-corrected chi connectivity index (χ1v) is 8.94. The van der Waals surface area contributed by atoms with Gasteiger partial charge < -0.3 is 5.32 Å². The van der Waals surface area contributed by atoms with E-state index < -0.39 is 0 Å². The van der Waals surface area contributed by atoms with Gasteiger partial charge in [0.25, 0.3) is 0 Å². The monoisotopic (exact) mass is 335 g/mol. The van der Waals surface area contributed by atoms with Crippen LogP contribution in [-0.2, 0) is 17.6 Å². The van der Waals surface area contributed by atoms with Crippen LogP contribution in [0.4, 0.5) is 0 Å². The van der Waals surface area contributed by atoms with Gasteiger partial charge in [-0.25, -0.2) is 0 Å². The maximum atomic E-state index is 11.2. The van der Waals surface area contributed by atoms with E-state index in [2.05, 4.69) is 54.4 Å². The third kappa shape index (κ3) is 3.74. The lowest BCUT2D eigenvalue weighted by molar-refractivity contribution is -0.118. The van der Waals surface area contributed by atoms with Crippen LogP contribution in [0.2, 0.25) is 0 Å². The molecular weight excluding hydrogens is 314 g/mol. The lowest BCUT2D eigenvalue weighted by Crippen LogP contribution is -2.22. The summed E-state index contributed by atoms with van der Waals surface area (Å²) in [6, 6.07) is 17.0. The first-order chi connectivity index (χ1) is 11.7. The van der Waals surface area contributed by atoms with Crippen molar-refractivity contribution in [2.24, 2.45) is 0 Å². The molecule has 3 rings (SSSR count). The number of rotatable bonds is 6. The summed E-state index contributed by atoms with van der Waals surface area (Å²) in [6.45, 7) is 6.10. The molecular formula is C21H21NOS. The van der Waals surface area contributed by atoms with Gasteiger partial charge in [0.2, 0.25) is 5.91 Å². The minimum atomic E-state index is 0.0194. The molecule has 0 aliphatic rings. The lowest BCUT2D eigenvalue weighted by Gasteiger charge is -2.06. The molecule has 0 saturated carbocycles. The van der Waals surface area contributed by atoms with Gasteiger partial charge in [-0.05, 0) is 40.6 Å². The zero-order chi connectivity index (χ0) is 16.9. The van der Waals surface area contributed by atoms with Gasteiger partial charge in [0.05, 0.1) is 0 Å². The topological polar surface area (TPSA) is 29.1 Å². The van der Waals surface area contributed by atoms with Crippen LogP contribution in [0.25, 0.3) is 16.2 Å². The van der Waals surface area contributed by atoms with E-state index in [-0.39, 0.29) is 5.91 Å². The summed E-state index contributed by atoms with van der Waals surface area (Å²) < 4.78 is 1.30. The van der Waals surface area contributed by atoms with Gasteiger partial charge >= 0.3 is 0 Å². The third-order valence-electron chi connectivity index (χ3n) is 4.09. The predicted molar refractivity (Wildman–Crippen MR) is 104 cm³/mol. The van der Waals surface area contributed by atoms with Crippen molar-refractivity contribution in [3.05, 3.63) is 76.7 Å². The minimum absolute atomic E-state index is 0.0194. The maximum absolute atomic E-state index is 11.2. The summed E-state index contributed by atoms with van der Waals surface area (Å²) in [6.07, 6.45) is 3.66. The third-order valence-corrected chi connectivity index (χ3v) is 5.30. The number of amides is 1. The largest absolute Gasteiger partial charge is 0.356 e. The van der Waals surface area contributed by atoms with Gasteiger partial charge in [-0.15, -0.1) is 11.3 Å². The Bertz CT molecular complexity index is 864. The standard InChI is InChI=1S/C21H21NOS/c1-3-16-9-10-20-19(13-16)18(11-12-22-15(2)23)21(24-20)14-17-7-5-4-6-8-17/h3-10,13H,1,11-12,14H2,2H3,(H,22,23). The van der Waals surface area contributed by atoms with Crippen LogP contribution in [0.3, 0.4) is 0 Å². The fourth-order valence-corrected chi connectivity index (χ4v) is 4.17. The van der Waals surface area contributed by atoms with E-state index in [0.717, 1.165) is 18.4 Å². The Morgan fingerprint density at radius 3 is 2.71 bits per heavy atom. The molecule has 0 radical (unpaired) electrons. The number of nitrogens with one attached hydrogen (secondary N) is 1. The second-order valence-corrected chi connectivity index (χ2v) is 7.00. The van der Waals surface area contributed by atoms with E-state index in [0.29, 0.717) is 6.54 Å². The molecule has 1 N–H and O–H groups in total. The highest BCUT2D eigenvalue weighted by molar-refractivity contribution is 7.19.